The first-order valence-electron chi connectivity index (χ1n) is 11.2. The summed E-state index contributed by atoms with van der Waals surface area (Å²) in [5, 5.41) is 12.4. The molecule has 6 nitrogen and oxygen atoms in total. The van der Waals surface area contributed by atoms with Gasteiger partial charge in [-0.2, -0.15) is 0 Å². The molecule has 2 atom stereocenters. The van der Waals surface area contributed by atoms with Crippen molar-refractivity contribution in [3.8, 4) is 11.1 Å². The molecule has 0 radical (unpaired) electrons. The number of alkyl carbamates (subject to hydrolysis) is 1. The van der Waals surface area contributed by atoms with Crippen LogP contribution in [0.4, 0.5) is 4.79 Å². The summed E-state index contributed by atoms with van der Waals surface area (Å²) >= 11 is 0. The number of amides is 1. The number of hydrogen-bond acceptors (Lipinski definition) is 4. The van der Waals surface area contributed by atoms with Crippen LogP contribution in [-0.4, -0.2) is 37.1 Å². The van der Waals surface area contributed by atoms with Crippen molar-refractivity contribution in [3.63, 3.8) is 0 Å². The highest BCUT2D eigenvalue weighted by Crippen LogP contribution is 2.41. The van der Waals surface area contributed by atoms with Crippen LogP contribution >= 0.6 is 0 Å². The van der Waals surface area contributed by atoms with Crippen LogP contribution in [0.5, 0.6) is 0 Å². The van der Waals surface area contributed by atoms with E-state index in [-0.39, 0.29) is 5.04 Å². The lowest BCUT2D eigenvalue weighted by molar-refractivity contribution is -0.142. The molecule has 0 bridgehead atoms. The first-order valence-corrected chi connectivity index (χ1v) is 14.1. The van der Waals surface area contributed by atoms with E-state index in [9.17, 15) is 14.7 Å². The van der Waals surface area contributed by atoms with Crippen molar-refractivity contribution in [2.24, 2.45) is 0 Å². The predicted molar refractivity (Wildman–Crippen MR) is 134 cm³/mol. The van der Waals surface area contributed by atoms with E-state index in [0.717, 1.165) is 11.1 Å². The molecule has 0 aliphatic heterocycles. The smallest absolute Gasteiger partial charge is 0.408 e. The zero-order valence-corrected chi connectivity index (χ0v) is 21.9. The largest absolute Gasteiger partial charge is 0.480 e. The summed E-state index contributed by atoms with van der Waals surface area (Å²) in [5.41, 5.74) is 2.01. The monoisotopic (exact) mass is 471 g/mol. The van der Waals surface area contributed by atoms with Gasteiger partial charge in [0.2, 0.25) is 0 Å². The Morgan fingerprint density at radius 3 is 1.85 bits per heavy atom. The van der Waals surface area contributed by atoms with E-state index in [1.54, 1.807) is 20.8 Å². The minimum absolute atomic E-state index is 0.149. The second-order valence-electron chi connectivity index (χ2n) is 10.7. The van der Waals surface area contributed by atoms with Crippen LogP contribution < -0.4 is 5.32 Å². The number of benzene rings is 2. The standard InChI is InChI=1S/C26H37NO5Si/c1-25(2,3)31-24(30)27-21(23(28)29)22(32-33(7,8)26(4,5)6)20-16-14-19(15-17-20)18-12-10-9-11-13-18/h9-17,21-22H,1-8H3,(H,27,30)(H,28,29)/t21-,22-/m0/s1. The number of nitrogens with one attached hydrogen (secondary N) is 1. The van der Waals surface area contributed by atoms with Gasteiger partial charge in [0, 0.05) is 0 Å². The fourth-order valence-electron chi connectivity index (χ4n) is 3.02. The Bertz CT molecular complexity index is 943. The Morgan fingerprint density at radius 1 is 0.879 bits per heavy atom. The van der Waals surface area contributed by atoms with Crippen molar-refractivity contribution in [2.75, 3.05) is 0 Å². The Morgan fingerprint density at radius 2 is 1.39 bits per heavy atom. The van der Waals surface area contributed by atoms with Crippen LogP contribution in [-0.2, 0) is 14.0 Å². The van der Waals surface area contributed by atoms with Gasteiger partial charge >= 0.3 is 12.1 Å². The van der Waals surface area contributed by atoms with Crippen LogP contribution in [0, 0.1) is 0 Å². The molecule has 0 unspecified atom stereocenters. The zero-order valence-electron chi connectivity index (χ0n) is 20.9. The van der Waals surface area contributed by atoms with Crippen molar-refractivity contribution in [3.05, 3.63) is 60.2 Å². The van der Waals surface area contributed by atoms with Crippen LogP contribution in [0.15, 0.2) is 54.6 Å². The normalized spacial score (nSPS) is 14.3. The van der Waals surface area contributed by atoms with Crippen molar-refractivity contribution >= 4 is 20.4 Å². The molecule has 7 heteroatoms. The third-order valence-corrected chi connectivity index (χ3v) is 10.3. The van der Waals surface area contributed by atoms with E-state index < -0.39 is 38.1 Å². The molecule has 33 heavy (non-hydrogen) atoms. The van der Waals surface area contributed by atoms with Gasteiger partial charge in [-0.05, 0) is 55.6 Å². The fraction of sp³-hybridized carbons (Fsp3) is 0.462. The average molecular weight is 472 g/mol. The lowest BCUT2D eigenvalue weighted by Gasteiger charge is -2.41. The lowest BCUT2D eigenvalue weighted by Crippen LogP contribution is -2.51. The molecule has 0 aliphatic rings. The maximum atomic E-state index is 12.5. The van der Waals surface area contributed by atoms with Crippen molar-refractivity contribution in [2.45, 2.75) is 77.4 Å². The Balaban J connectivity index is 2.45. The topological polar surface area (TPSA) is 84.9 Å². The molecule has 2 aromatic rings. The second kappa shape index (κ2) is 10.1. The van der Waals surface area contributed by atoms with Crippen LogP contribution in [0.25, 0.3) is 11.1 Å². The maximum Gasteiger partial charge on any atom is 0.408 e. The summed E-state index contributed by atoms with van der Waals surface area (Å²) in [6, 6.07) is 16.2. The minimum Gasteiger partial charge on any atom is -0.480 e. The van der Waals surface area contributed by atoms with Gasteiger partial charge in [-0.1, -0.05) is 75.4 Å². The van der Waals surface area contributed by atoms with Gasteiger partial charge in [-0.25, -0.2) is 9.59 Å². The van der Waals surface area contributed by atoms with Gasteiger partial charge in [0.05, 0.1) is 0 Å². The Kier molecular flexibility index (Phi) is 8.14. The summed E-state index contributed by atoms with van der Waals surface area (Å²) in [5.74, 6) is -1.18. The highest BCUT2D eigenvalue weighted by molar-refractivity contribution is 6.74. The summed E-state index contributed by atoms with van der Waals surface area (Å²) in [7, 11) is -2.39. The van der Waals surface area contributed by atoms with Gasteiger partial charge in [-0.15, -0.1) is 0 Å². The number of ether oxygens (including phenoxy) is 1. The predicted octanol–water partition coefficient (Wildman–Crippen LogP) is 6.39. The summed E-state index contributed by atoms with van der Waals surface area (Å²) in [4.78, 5) is 24.8. The number of aliphatic carboxylic acids is 1. The molecule has 0 spiro atoms. The molecular weight excluding hydrogens is 434 g/mol. The summed E-state index contributed by atoms with van der Waals surface area (Å²) < 4.78 is 11.9. The number of carbonyl (C=O) groups excluding carboxylic acids is 1. The third kappa shape index (κ3) is 7.44. The maximum absolute atomic E-state index is 12.5. The van der Waals surface area contributed by atoms with E-state index in [0.29, 0.717) is 5.56 Å². The lowest BCUT2D eigenvalue weighted by atomic mass is 9.98. The van der Waals surface area contributed by atoms with Crippen molar-refractivity contribution in [1.82, 2.24) is 5.32 Å². The summed E-state index contributed by atoms with van der Waals surface area (Å²) in [6.07, 6.45) is -1.67. The van der Waals surface area contributed by atoms with Gasteiger partial charge in [0.15, 0.2) is 14.4 Å². The quantitative estimate of drug-likeness (QED) is 0.457. The molecule has 2 rings (SSSR count). The summed E-state index contributed by atoms with van der Waals surface area (Å²) in [6.45, 7) is 15.6. The van der Waals surface area contributed by atoms with Crippen molar-refractivity contribution in [1.29, 1.82) is 0 Å². The van der Waals surface area contributed by atoms with Gasteiger partial charge < -0.3 is 19.6 Å². The average Bonchev–Trinajstić information content (AvgIpc) is 2.69. The molecular formula is C26H37NO5Si. The molecule has 2 aromatic carbocycles. The van der Waals surface area contributed by atoms with E-state index in [1.165, 1.54) is 0 Å². The number of carbonyl (C=O) groups is 2. The third-order valence-electron chi connectivity index (χ3n) is 5.82. The SMILES string of the molecule is CC(C)(C)OC(=O)N[C@H](C(=O)O)[C@@H](O[Si](C)(C)C(C)(C)C)c1ccc(-c2ccccc2)cc1. The number of hydrogen-bond donors (Lipinski definition) is 2. The van der Waals surface area contributed by atoms with Crippen LogP contribution in [0.3, 0.4) is 0 Å². The molecule has 1 amide bonds. The fourth-order valence-corrected chi connectivity index (χ4v) is 4.28. The first-order chi connectivity index (χ1) is 15.1. The highest BCUT2D eigenvalue weighted by atomic mass is 28.4. The van der Waals surface area contributed by atoms with E-state index in [4.69, 9.17) is 9.16 Å². The van der Waals surface area contributed by atoms with Crippen molar-refractivity contribution < 1.29 is 23.9 Å². The molecule has 180 valence electrons. The molecule has 0 saturated carbocycles. The van der Waals surface area contributed by atoms with E-state index in [1.807, 2.05) is 54.6 Å². The van der Waals surface area contributed by atoms with Gasteiger partial charge in [0.25, 0.3) is 0 Å². The zero-order chi connectivity index (χ0) is 25.0. The Hall–Kier alpha value is -2.64. The molecule has 0 heterocycles. The van der Waals surface area contributed by atoms with Gasteiger partial charge in [0.1, 0.15) is 11.7 Å². The van der Waals surface area contributed by atoms with Crippen LogP contribution in [0.1, 0.15) is 53.2 Å². The minimum atomic E-state index is -2.39. The molecule has 0 fully saturated rings. The number of carboxylic acids is 1. The van der Waals surface area contributed by atoms with Crippen LogP contribution in [0.2, 0.25) is 18.1 Å². The molecule has 2 N–H and O–H groups in total. The molecule has 0 aromatic heterocycles. The molecule has 0 saturated heterocycles. The van der Waals surface area contributed by atoms with E-state index in [2.05, 4.69) is 39.2 Å². The highest BCUT2D eigenvalue weighted by Gasteiger charge is 2.43. The second-order valence-corrected chi connectivity index (χ2v) is 15.5. The Labute approximate surface area is 198 Å². The van der Waals surface area contributed by atoms with E-state index >= 15 is 0 Å². The number of rotatable bonds is 7. The van der Waals surface area contributed by atoms with Gasteiger partial charge in [-0.3, -0.25) is 0 Å². The first kappa shape index (κ1) is 26.6. The molecule has 0 aliphatic carbocycles. The number of carboxylic acid groups (broad SMARTS) is 1.